The summed E-state index contributed by atoms with van der Waals surface area (Å²) in [6, 6.07) is 9.60. The summed E-state index contributed by atoms with van der Waals surface area (Å²) in [6.45, 7) is 6.28. The Labute approximate surface area is 179 Å². The number of nitrogens with zero attached hydrogens (tertiary/aromatic N) is 3. The molecule has 0 saturated carbocycles. The van der Waals surface area contributed by atoms with Gasteiger partial charge in [0.2, 0.25) is 5.91 Å². The molecule has 1 aliphatic heterocycles. The SMILES string of the molecule is COCCN1C(=O)C[C@@H](CN[C@H]2CCc3ccccc3C2)[C@@H]1c1cnn(C(C)C)c1. The maximum atomic E-state index is 12.8. The minimum absolute atomic E-state index is 0.0588. The Balaban J connectivity index is 1.47. The summed E-state index contributed by atoms with van der Waals surface area (Å²) >= 11 is 0. The molecule has 0 unspecified atom stereocenters. The topological polar surface area (TPSA) is 59.4 Å². The highest BCUT2D eigenvalue weighted by Gasteiger charge is 2.41. The highest BCUT2D eigenvalue weighted by molar-refractivity contribution is 5.79. The molecule has 1 aliphatic carbocycles. The van der Waals surface area contributed by atoms with Crippen molar-refractivity contribution < 1.29 is 9.53 Å². The van der Waals surface area contributed by atoms with Gasteiger partial charge in [0.15, 0.2) is 0 Å². The van der Waals surface area contributed by atoms with Gasteiger partial charge >= 0.3 is 0 Å². The molecule has 1 aromatic heterocycles. The second-order valence-corrected chi connectivity index (χ2v) is 8.95. The van der Waals surface area contributed by atoms with Crippen molar-refractivity contribution in [1.82, 2.24) is 20.0 Å². The summed E-state index contributed by atoms with van der Waals surface area (Å²) in [6.07, 6.45) is 7.98. The third-order valence-electron chi connectivity index (χ3n) is 6.58. The van der Waals surface area contributed by atoms with Crippen LogP contribution >= 0.6 is 0 Å². The molecule has 2 aliphatic rings. The van der Waals surface area contributed by atoms with Crippen molar-refractivity contribution in [1.29, 1.82) is 0 Å². The molecule has 30 heavy (non-hydrogen) atoms. The molecule has 2 heterocycles. The first-order valence-corrected chi connectivity index (χ1v) is 11.2. The number of nitrogens with one attached hydrogen (secondary N) is 1. The van der Waals surface area contributed by atoms with Crippen LogP contribution in [0.4, 0.5) is 0 Å². The van der Waals surface area contributed by atoms with Gasteiger partial charge in [-0.05, 0) is 44.2 Å². The molecule has 6 heteroatoms. The zero-order valence-electron chi connectivity index (χ0n) is 18.4. The predicted molar refractivity (Wildman–Crippen MR) is 117 cm³/mol. The van der Waals surface area contributed by atoms with Gasteiger partial charge in [-0.2, -0.15) is 5.10 Å². The lowest BCUT2D eigenvalue weighted by Crippen LogP contribution is -2.39. The monoisotopic (exact) mass is 410 g/mol. The van der Waals surface area contributed by atoms with Gasteiger partial charge in [0.1, 0.15) is 0 Å². The third kappa shape index (κ3) is 4.44. The lowest BCUT2D eigenvalue weighted by molar-refractivity contribution is -0.129. The Kier molecular flexibility index (Phi) is 6.54. The van der Waals surface area contributed by atoms with Crippen molar-refractivity contribution in [3.05, 3.63) is 53.3 Å². The highest BCUT2D eigenvalue weighted by Crippen LogP contribution is 2.38. The molecule has 1 amide bonds. The van der Waals surface area contributed by atoms with E-state index in [-0.39, 0.29) is 17.9 Å². The number of methoxy groups -OCH3 is 1. The number of benzene rings is 1. The molecule has 4 rings (SSSR count). The van der Waals surface area contributed by atoms with Gasteiger partial charge in [-0.15, -0.1) is 0 Å². The Hall–Kier alpha value is -2.18. The molecule has 1 aromatic carbocycles. The van der Waals surface area contributed by atoms with Crippen LogP contribution in [-0.2, 0) is 22.4 Å². The fourth-order valence-electron chi connectivity index (χ4n) is 4.93. The van der Waals surface area contributed by atoms with E-state index in [1.54, 1.807) is 7.11 Å². The average Bonchev–Trinajstić information content (AvgIpc) is 3.35. The first kappa shape index (κ1) is 21.1. The quantitative estimate of drug-likeness (QED) is 0.726. The van der Waals surface area contributed by atoms with Crippen molar-refractivity contribution >= 4 is 5.91 Å². The largest absolute Gasteiger partial charge is 0.383 e. The molecular weight excluding hydrogens is 376 g/mol. The third-order valence-corrected chi connectivity index (χ3v) is 6.58. The molecule has 6 nitrogen and oxygen atoms in total. The second-order valence-electron chi connectivity index (χ2n) is 8.95. The fraction of sp³-hybridized carbons (Fsp3) is 0.583. The molecule has 0 bridgehead atoms. The van der Waals surface area contributed by atoms with Gasteiger partial charge in [-0.3, -0.25) is 9.48 Å². The molecule has 1 saturated heterocycles. The average molecular weight is 411 g/mol. The maximum absolute atomic E-state index is 12.8. The van der Waals surface area contributed by atoms with Gasteiger partial charge in [-0.25, -0.2) is 0 Å². The van der Waals surface area contributed by atoms with E-state index in [1.165, 1.54) is 11.1 Å². The van der Waals surface area contributed by atoms with Crippen LogP contribution in [0.1, 0.15) is 55.5 Å². The Morgan fingerprint density at radius 1 is 1.23 bits per heavy atom. The Bertz CT molecular complexity index is 862. The summed E-state index contributed by atoms with van der Waals surface area (Å²) in [4.78, 5) is 14.8. The first-order valence-electron chi connectivity index (χ1n) is 11.2. The van der Waals surface area contributed by atoms with Crippen molar-refractivity contribution in [3.63, 3.8) is 0 Å². The van der Waals surface area contributed by atoms with Crippen LogP contribution in [0.25, 0.3) is 0 Å². The van der Waals surface area contributed by atoms with Gasteiger partial charge in [0, 0.05) is 56.4 Å². The van der Waals surface area contributed by atoms with E-state index in [0.717, 1.165) is 31.4 Å². The van der Waals surface area contributed by atoms with Crippen molar-refractivity contribution in [2.45, 2.75) is 57.7 Å². The minimum Gasteiger partial charge on any atom is -0.383 e. The van der Waals surface area contributed by atoms with Crippen LogP contribution in [0.2, 0.25) is 0 Å². The number of likely N-dealkylation sites (tertiary alicyclic amines) is 1. The van der Waals surface area contributed by atoms with E-state index in [9.17, 15) is 4.79 Å². The summed E-state index contributed by atoms with van der Waals surface area (Å²) in [5, 5.41) is 8.33. The van der Waals surface area contributed by atoms with Crippen LogP contribution in [0.5, 0.6) is 0 Å². The normalized spacial score (nSPS) is 23.9. The summed E-state index contributed by atoms with van der Waals surface area (Å²) in [7, 11) is 1.69. The number of carbonyl (C=O) groups is 1. The number of hydrogen-bond donors (Lipinski definition) is 1. The molecule has 2 aromatic rings. The van der Waals surface area contributed by atoms with Gasteiger partial charge in [-0.1, -0.05) is 24.3 Å². The predicted octanol–water partition coefficient (Wildman–Crippen LogP) is 3.15. The van der Waals surface area contributed by atoms with E-state index >= 15 is 0 Å². The van der Waals surface area contributed by atoms with Gasteiger partial charge in [0.25, 0.3) is 0 Å². The van der Waals surface area contributed by atoms with Crippen LogP contribution in [0.3, 0.4) is 0 Å². The number of aryl methyl sites for hydroxylation is 1. The van der Waals surface area contributed by atoms with Crippen LogP contribution < -0.4 is 5.32 Å². The minimum atomic E-state index is 0.0588. The highest BCUT2D eigenvalue weighted by atomic mass is 16.5. The Morgan fingerprint density at radius 2 is 2.03 bits per heavy atom. The number of aromatic nitrogens is 2. The molecule has 0 radical (unpaired) electrons. The summed E-state index contributed by atoms with van der Waals surface area (Å²) in [5.41, 5.74) is 4.07. The van der Waals surface area contributed by atoms with Crippen LogP contribution in [0.15, 0.2) is 36.7 Å². The Morgan fingerprint density at radius 3 is 2.77 bits per heavy atom. The lowest BCUT2D eigenvalue weighted by atomic mass is 9.87. The van der Waals surface area contributed by atoms with E-state index < -0.39 is 0 Å². The zero-order valence-corrected chi connectivity index (χ0v) is 18.4. The number of ether oxygens (including phenoxy) is 1. The van der Waals surface area contributed by atoms with E-state index in [0.29, 0.717) is 31.7 Å². The van der Waals surface area contributed by atoms with E-state index in [1.807, 2.05) is 15.8 Å². The van der Waals surface area contributed by atoms with Crippen molar-refractivity contribution in [2.75, 3.05) is 26.8 Å². The smallest absolute Gasteiger partial charge is 0.223 e. The standard InChI is InChI=1S/C24H34N4O2/c1-17(2)28-16-21(15-26-28)24-20(13-23(29)27(24)10-11-30-3)14-25-22-9-8-18-6-4-5-7-19(18)12-22/h4-7,15-17,20,22,24-25H,8-14H2,1-3H3/t20-,22-,24+/m0/s1. The number of hydrogen-bond acceptors (Lipinski definition) is 4. The molecule has 1 N–H and O–H groups in total. The molecule has 1 fully saturated rings. The number of rotatable bonds is 8. The molecule has 0 spiro atoms. The number of amides is 1. The molecule has 3 atom stereocenters. The number of carbonyl (C=O) groups excluding carboxylic acids is 1. The first-order chi connectivity index (χ1) is 14.6. The maximum Gasteiger partial charge on any atom is 0.223 e. The van der Waals surface area contributed by atoms with Gasteiger partial charge in [0.05, 0.1) is 18.8 Å². The van der Waals surface area contributed by atoms with Gasteiger partial charge < -0.3 is 15.0 Å². The van der Waals surface area contributed by atoms with Crippen LogP contribution in [-0.4, -0.2) is 53.4 Å². The van der Waals surface area contributed by atoms with E-state index in [4.69, 9.17) is 4.74 Å². The second kappa shape index (κ2) is 9.31. The zero-order chi connectivity index (χ0) is 21.1. The molecule has 162 valence electrons. The fourth-order valence-corrected chi connectivity index (χ4v) is 4.93. The number of fused-ring (bicyclic) bond motifs is 1. The van der Waals surface area contributed by atoms with Crippen molar-refractivity contribution in [2.24, 2.45) is 5.92 Å². The summed E-state index contributed by atoms with van der Waals surface area (Å²) < 4.78 is 7.25. The van der Waals surface area contributed by atoms with E-state index in [2.05, 4.69) is 54.7 Å². The van der Waals surface area contributed by atoms with Crippen molar-refractivity contribution in [3.8, 4) is 0 Å². The van der Waals surface area contributed by atoms with Crippen LogP contribution in [0, 0.1) is 5.92 Å². The molecular formula is C24H34N4O2. The summed E-state index contributed by atoms with van der Waals surface area (Å²) in [5.74, 6) is 0.464. The lowest BCUT2D eigenvalue weighted by Gasteiger charge is -2.30.